The monoisotopic (exact) mass is 218 g/mol. The molecule has 2 heteroatoms. The molecule has 16 heavy (non-hydrogen) atoms. The van der Waals surface area contributed by atoms with Crippen molar-refractivity contribution in [2.75, 3.05) is 26.7 Å². The molecular formula is C14H22N2. The van der Waals surface area contributed by atoms with E-state index >= 15 is 0 Å². The van der Waals surface area contributed by atoms with Crippen LogP contribution < -0.4 is 5.32 Å². The number of rotatable bonds is 5. The van der Waals surface area contributed by atoms with Crippen LogP contribution in [0.25, 0.3) is 0 Å². The lowest BCUT2D eigenvalue weighted by Crippen LogP contribution is -2.32. The van der Waals surface area contributed by atoms with E-state index in [0.29, 0.717) is 0 Å². The summed E-state index contributed by atoms with van der Waals surface area (Å²) in [5, 5.41) is 3.64. The van der Waals surface area contributed by atoms with E-state index in [9.17, 15) is 0 Å². The molecule has 1 atom stereocenters. The molecular weight excluding hydrogens is 196 g/mol. The van der Waals surface area contributed by atoms with Gasteiger partial charge in [-0.05, 0) is 45.0 Å². The molecule has 1 aliphatic heterocycles. The average molecular weight is 218 g/mol. The van der Waals surface area contributed by atoms with Gasteiger partial charge in [0.2, 0.25) is 0 Å². The van der Waals surface area contributed by atoms with Crippen LogP contribution in [0, 0.1) is 0 Å². The molecule has 0 saturated carbocycles. The van der Waals surface area contributed by atoms with E-state index in [1.807, 2.05) is 0 Å². The Bertz CT molecular complexity index is 297. The normalized spacial score (nSPS) is 21.4. The smallest absolute Gasteiger partial charge is 0.0207 e. The third-order valence-corrected chi connectivity index (χ3v) is 3.31. The minimum Gasteiger partial charge on any atom is -0.313 e. The van der Waals surface area contributed by atoms with Crippen LogP contribution in [-0.2, 0) is 6.42 Å². The van der Waals surface area contributed by atoms with Crippen LogP contribution in [0.5, 0.6) is 0 Å². The van der Waals surface area contributed by atoms with Gasteiger partial charge in [-0.2, -0.15) is 0 Å². The fourth-order valence-corrected chi connectivity index (χ4v) is 2.35. The van der Waals surface area contributed by atoms with Crippen LogP contribution >= 0.6 is 0 Å². The first kappa shape index (κ1) is 11.6. The third-order valence-electron chi connectivity index (χ3n) is 3.31. The number of benzene rings is 1. The Balaban J connectivity index is 1.59. The van der Waals surface area contributed by atoms with Gasteiger partial charge in [0, 0.05) is 12.6 Å². The molecule has 1 saturated heterocycles. The topological polar surface area (TPSA) is 15.3 Å². The van der Waals surface area contributed by atoms with Gasteiger partial charge < -0.3 is 10.2 Å². The summed E-state index contributed by atoms with van der Waals surface area (Å²) in [6.45, 7) is 3.61. The Hall–Kier alpha value is -0.860. The lowest BCUT2D eigenvalue weighted by Gasteiger charge is -2.12. The second-order valence-corrected chi connectivity index (χ2v) is 4.79. The molecule has 88 valence electrons. The average Bonchev–Trinajstić information content (AvgIpc) is 2.72. The molecule has 0 aliphatic carbocycles. The summed E-state index contributed by atoms with van der Waals surface area (Å²) in [7, 11) is 2.20. The minimum absolute atomic E-state index is 0.723. The fourth-order valence-electron chi connectivity index (χ4n) is 2.35. The van der Waals surface area contributed by atoms with Gasteiger partial charge in [0.25, 0.3) is 0 Å². The van der Waals surface area contributed by atoms with Crippen molar-refractivity contribution < 1.29 is 0 Å². The third kappa shape index (κ3) is 3.62. The second kappa shape index (κ2) is 6.02. The SMILES string of the molecule is CN1CCC(NCCCc2ccccc2)C1. The molecule has 1 aliphatic rings. The number of nitrogens with zero attached hydrogens (tertiary/aromatic N) is 1. The van der Waals surface area contributed by atoms with Gasteiger partial charge in [-0.3, -0.25) is 0 Å². The molecule has 0 amide bonds. The predicted molar refractivity (Wildman–Crippen MR) is 68.7 cm³/mol. The first-order valence-electron chi connectivity index (χ1n) is 6.30. The highest BCUT2D eigenvalue weighted by molar-refractivity contribution is 5.14. The summed E-state index contributed by atoms with van der Waals surface area (Å²) in [4.78, 5) is 2.40. The predicted octanol–water partition coefficient (Wildman–Crippen LogP) is 1.91. The van der Waals surface area contributed by atoms with E-state index in [-0.39, 0.29) is 0 Å². The van der Waals surface area contributed by atoms with E-state index in [1.54, 1.807) is 0 Å². The molecule has 1 aromatic rings. The number of likely N-dealkylation sites (tertiary alicyclic amines) is 1. The van der Waals surface area contributed by atoms with Crippen LogP contribution in [0.3, 0.4) is 0 Å². The summed E-state index contributed by atoms with van der Waals surface area (Å²) in [6.07, 6.45) is 3.74. The molecule has 0 radical (unpaired) electrons. The summed E-state index contributed by atoms with van der Waals surface area (Å²) in [5.41, 5.74) is 1.45. The van der Waals surface area contributed by atoms with Gasteiger partial charge in [0.15, 0.2) is 0 Å². The summed E-state index contributed by atoms with van der Waals surface area (Å²) in [5.74, 6) is 0. The number of hydrogen-bond acceptors (Lipinski definition) is 2. The van der Waals surface area contributed by atoms with Crippen molar-refractivity contribution in [1.82, 2.24) is 10.2 Å². The van der Waals surface area contributed by atoms with Gasteiger partial charge in [-0.25, -0.2) is 0 Å². The molecule has 2 rings (SSSR count). The number of aryl methyl sites for hydroxylation is 1. The number of nitrogens with one attached hydrogen (secondary N) is 1. The van der Waals surface area contributed by atoms with Crippen LogP contribution in [0.15, 0.2) is 30.3 Å². The van der Waals surface area contributed by atoms with Gasteiger partial charge in [-0.15, -0.1) is 0 Å². The molecule has 0 aromatic heterocycles. The Morgan fingerprint density at radius 3 is 2.81 bits per heavy atom. The highest BCUT2D eigenvalue weighted by Gasteiger charge is 2.17. The largest absolute Gasteiger partial charge is 0.313 e. The number of likely N-dealkylation sites (N-methyl/N-ethyl adjacent to an activating group) is 1. The first-order chi connectivity index (χ1) is 7.84. The van der Waals surface area contributed by atoms with Gasteiger partial charge >= 0.3 is 0 Å². The zero-order chi connectivity index (χ0) is 11.2. The van der Waals surface area contributed by atoms with Gasteiger partial charge in [0.1, 0.15) is 0 Å². The van der Waals surface area contributed by atoms with E-state index < -0.39 is 0 Å². The Labute approximate surface area is 98.7 Å². The molecule has 0 spiro atoms. The van der Waals surface area contributed by atoms with Crippen molar-refractivity contribution in [3.8, 4) is 0 Å². The van der Waals surface area contributed by atoms with E-state index in [1.165, 1.54) is 37.9 Å². The minimum atomic E-state index is 0.723. The van der Waals surface area contributed by atoms with Crippen molar-refractivity contribution in [3.63, 3.8) is 0 Å². The molecule has 1 aromatic carbocycles. The highest BCUT2D eigenvalue weighted by atomic mass is 15.2. The van der Waals surface area contributed by atoms with Crippen LogP contribution in [0.2, 0.25) is 0 Å². The van der Waals surface area contributed by atoms with Crippen molar-refractivity contribution in [1.29, 1.82) is 0 Å². The van der Waals surface area contributed by atoms with Crippen LogP contribution in [0.1, 0.15) is 18.4 Å². The summed E-state index contributed by atoms with van der Waals surface area (Å²) in [6, 6.07) is 11.5. The van der Waals surface area contributed by atoms with E-state index in [2.05, 4.69) is 47.6 Å². The molecule has 2 nitrogen and oxygen atoms in total. The number of hydrogen-bond donors (Lipinski definition) is 1. The molecule has 1 heterocycles. The summed E-state index contributed by atoms with van der Waals surface area (Å²) >= 11 is 0. The summed E-state index contributed by atoms with van der Waals surface area (Å²) < 4.78 is 0. The van der Waals surface area contributed by atoms with Crippen molar-refractivity contribution in [3.05, 3.63) is 35.9 Å². The first-order valence-corrected chi connectivity index (χ1v) is 6.30. The van der Waals surface area contributed by atoms with Crippen molar-refractivity contribution in [2.24, 2.45) is 0 Å². The Kier molecular flexibility index (Phi) is 4.37. The lowest BCUT2D eigenvalue weighted by molar-refractivity contribution is 0.397. The lowest BCUT2D eigenvalue weighted by atomic mass is 10.1. The van der Waals surface area contributed by atoms with Crippen LogP contribution in [0.4, 0.5) is 0 Å². The van der Waals surface area contributed by atoms with E-state index in [4.69, 9.17) is 0 Å². The second-order valence-electron chi connectivity index (χ2n) is 4.79. The zero-order valence-corrected chi connectivity index (χ0v) is 10.2. The van der Waals surface area contributed by atoms with Crippen molar-refractivity contribution in [2.45, 2.75) is 25.3 Å². The maximum absolute atomic E-state index is 3.64. The molecule has 1 N–H and O–H groups in total. The Morgan fingerprint density at radius 2 is 2.12 bits per heavy atom. The standard InChI is InChI=1S/C14H22N2/c1-16-11-9-14(12-16)15-10-5-8-13-6-3-2-4-7-13/h2-4,6-7,14-15H,5,8-12H2,1H3. The van der Waals surface area contributed by atoms with E-state index in [0.717, 1.165) is 12.6 Å². The van der Waals surface area contributed by atoms with Gasteiger partial charge in [-0.1, -0.05) is 30.3 Å². The quantitative estimate of drug-likeness (QED) is 0.760. The highest BCUT2D eigenvalue weighted by Crippen LogP contribution is 2.06. The fraction of sp³-hybridized carbons (Fsp3) is 0.571. The molecule has 0 bridgehead atoms. The maximum Gasteiger partial charge on any atom is 0.0207 e. The van der Waals surface area contributed by atoms with Crippen molar-refractivity contribution >= 4 is 0 Å². The molecule has 1 unspecified atom stereocenters. The zero-order valence-electron chi connectivity index (χ0n) is 10.2. The van der Waals surface area contributed by atoms with Gasteiger partial charge in [0.05, 0.1) is 0 Å². The maximum atomic E-state index is 3.64. The van der Waals surface area contributed by atoms with Crippen LogP contribution in [-0.4, -0.2) is 37.6 Å². The molecule has 1 fully saturated rings. The Morgan fingerprint density at radius 1 is 1.31 bits per heavy atom.